The van der Waals surface area contributed by atoms with Gasteiger partial charge in [-0.3, -0.25) is 0 Å². The minimum atomic E-state index is -0.506. The van der Waals surface area contributed by atoms with E-state index in [2.05, 4.69) is 17.2 Å². The highest BCUT2D eigenvalue weighted by Crippen LogP contribution is 2.16. The van der Waals surface area contributed by atoms with Gasteiger partial charge in [-0.15, -0.1) is 0 Å². The first kappa shape index (κ1) is 17.4. The molecule has 0 fully saturated rings. The van der Waals surface area contributed by atoms with Gasteiger partial charge in [-0.25, -0.2) is 4.79 Å². The number of ether oxygens (including phenoxy) is 1. The minimum absolute atomic E-state index is 0.0496. The van der Waals surface area contributed by atoms with Crippen molar-refractivity contribution in [2.24, 2.45) is 0 Å². The van der Waals surface area contributed by atoms with Crippen LogP contribution in [0.1, 0.15) is 38.3 Å². The fraction of sp³-hybridized carbons (Fsp3) is 0.438. The molecule has 0 aliphatic heterocycles. The molecule has 0 aliphatic rings. The monoisotopic (exact) mass is 309 g/mol. The van der Waals surface area contributed by atoms with E-state index in [0.29, 0.717) is 23.6 Å². The van der Waals surface area contributed by atoms with E-state index in [4.69, 9.17) is 21.4 Å². The molecule has 0 spiro atoms. The van der Waals surface area contributed by atoms with Crippen molar-refractivity contribution in [3.63, 3.8) is 0 Å². The highest BCUT2D eigenvalue weighted by Gasteiger charge is 2.15. The van der Waals surface area contributed by atoms with E-state index in [1.807, 2.05) is 20.8 Å². The maximum Gasteiger partial charge on any atom is 0.407 e. The molecule has 0 unspecified atom stereocenters. The molecule has 4 nitrogen and oxygen atoms in total. The first-order valence-electron chi connectivity index (χ1n) is 6.67. The molecule has 0 aliphatic carbocycles. The molecule has 1 aromatic rings. The molecule has 0 saturated heterocycles. The van der Waals surface area contributed by atoms with Gasteiger partial charge in [-0.05, 0) is 38.5 Å². The van der Waals surface area contributed by atoms with Crippen LogP contribution in [0.25, 0.3) is 0 Å². The van der Waals surface area contributed by atoms with Crippen molar-refractivity contribution in [3.05, 3.63) is 34.3 Å². The average molecular weight is 310 g/mol. The molecule has 1 aromatic carbocycles. The van der Waals surface area contributed by atoms with Crippen molar-refractivity contribution in [1.82, 2.24) is 5.32 Å². The number of hydrogen-bond acceptors (Lipinski definition) is 3. The number of halogens is 1. The zero-order chi connectivity index (χ0) is 15.9. The van der Waals surface area contributed by atoms with Crippen LogP contribution in [-0.4, -0.2) is 23.3 Å². The SMILES string of the molecule is CC(C)(C)OC(=O)NCCC#Cc1cc(CO)ccc1Cl. The quantitative estimate of drug-likeness (QED) is 0.666. The van der Waals surface area contributed by atoms with Crippen LogP contribution in [0.3, 0.4) is 0 Å². The number of aliphatic hydroxyl groups is 1. The van der Waals surface area contributed by atoms with Crippen LogP contribution >= 0.6 is 11.6 Å². The number of nitrogens with one attached hydrogen (secondary N) is 1. The van der Waals surface area contributed by atoms with E-state index in [1.54, 1.807) is 18.2 Å². The molecule has 0 aromatic heterocycles. The summed E-state index contributed by atoms with van der Waals surface area (Å²) in [5, 5.41) is 12.2. The van der Waals surface area contributed by atoms with Crippen LogP contribution in [0.15, 0.2) is 18.2 Å². The largest absolute Gasteiger partial charge is 0.444 e. The number of carbonyl (C=O) groups excluding carboxylic acids is 1. The van der Waals surface area contributed by atoms with Crippen molar-refractivity contribution in [2.75, 3.05) is 6.54 Å². The second-order valence-corrected chi connectivity index (χ2v) is 5.86. The van der Waals surface area contributed by atoms with Gasteiger partial charge >= 0.3 is 6.09 Å². The number of hydrogen-bond donors (Lipinski definition) is 2. The van der Waals surface area contributed by atoms with Crippen LogP contribution in [0.2, 0.25) is 5.02 Å². The highest BCUT2D eigenvalue weighted by atomic mass is 35.5. The molecule has 0 saturated carbocycles. The third-order valence-corrected chi connectivity index (χ3v) is 2.68. The van der Waals surface area contributed by atoms with Crippen molar-refractivity contribution in [3.8, 4) is 11.8 Å². The molecular formula is C16H20ClNO3. The van der Waals surface area contributed by atoms with Gasteiger partial charge in [0.15, 0.2) is 0 Å². The van der Waals surface area contributed by atoms with Crippen LogP contribution in [0, 0.1) is 11.8 Å². The summed E-state index contributed by atoms with van der Waals surface area (Å²) < 4.78 is 5.10. The fourth-order valence-electron chi connectivity index (χ4n) is 1.47. The molecule has 0 bridgehead atoms. The van der Waals surface area contributed by atoms with Crippen LogP contribution in [-0.2, 0) is 11.3 Å². The zero-order valence-corrected chi connectivity index (χ0v) is 13.3. The lowest BCUT2D eigenvalue weighted by molar-refractivity contribution is 0.0529. The predicted octanol–water partition coefficient (Wildman–Crippen LogP) is 3.10. The first-order chi connectivity index (χ1) is 9.81. The molecule has 1 amide bonds. The van der Waals surface area contributed by atoms with E-state index < -0.39 is 11.7 Å². The standard InChI is InChI=1S/C16H20ClNO3/c1-16(2,3)21-15(20)18-9-5-4-6-13-10-12(11-19)7-8-14(13)17/h7-8,10,19H,5,9,11H2,1-3H3,(H,18,20). The lowest BCUT2D eigenvalue weighted by Crippen LogP contribution is -2.32. The number of aliphatic hydroxyl groups excluding tert-OH is 1. The number of rotatable bonds is 3. The third kappa shape index (κ3) is 7.03. The van der Waals surface area contributed by atoms with Gasteiger partial charge < -0.3 is 15.2 Å². The Morgan fingerprint density at radius 3 is 2.76 bits per heavy atom. The Bertz CT molecular complexity index is 553. The molecule has 21 heavy (non-hydrogen) atoms. The second-order valence-electron chi connectivity index (χ2n) is 5.45. The summed E-state index contributed by atoms with van der Waals surface area (Å²) in [6.45, 7) is 5.78. The maximum absolute atomic E-state index is 11.4. The van der Waals surface area contributed by atoms with Gasteiger partial charge in [0.1, 0.15) is 5.60 Å². The van der Waals surface area contributed by atoms with Crippen LogP contribution < -0.4 is 5.32 Å². The summed E-state index contributed by atoms with van der Waals surface area (Å²) in [7, 11) is 0. The van der Waals surface area contributed by atoms with Gasteiger partial charge in [0.2, 0.25) is 0 Å². The van der Waals surface area contributed by atoms with E-state index in [9.17, 15) is 4.79 Å². The Kier molecular flexibility index (Phi) is 6.54. The summed E-state index contributed by atoms with van der Waals surface area (Å²) >= 11 is 6.02. The van der Waals surface area contributed by atoms with E-state index in [0.717, 1.165) is 5.56 Å². The topological polar surface area (TPSA) is 58.6 Å². The molecule has 114 valence electrons. The summed E-state index contributed by atoms with van der Waals surface area (Å²) in [5.41, 5.74) is 0.921. The number of alkyl carbamates (subject to hydrolysis) is 1. The zero-order valence-electron chi connectivity index (χ0n) is 12.5. The van der Waals surface area contributed by atoms with Crippen molar-refractivity contribution in [1.29, 1.82) is 0 Å². The molecule has 1 rings (SSSR count). The fourth-order valence-corrected chi connectivity index (χ4v) is 1.63. The molecule has 0 heterocycles. The van der Waals surface area contributed by atoms with Crippen LogP contribution in [0.5, 0.6) is 0 Å². The highest BCUT2D eigenvalue weighted by molar-refractivity contribution is 6.31. The number of carbonyl (C=O) groups is 1. The number of benzene rings is 1. The molecule has 5 heteroatoms. The third-order valence-electron chi connectivity index (χ3n) is 2.35. The minimum Gasteiger partial charge on any atom is -0.444 e. The van der Waals surface area contributed by atoms with Gasteiger partial charge in [0, 0.05) is 18.5 Å². The summed E-state index contributed by atoms with van der Waals surface area (Å²) in [6.07, 6.45) is 0.0310. The maximum atomic E-state index is 11.4. The predicted molar refractivity (Wildman–Crippen MR) is 83.1 cm³/mol. The van der Waals surface area contributed by atoms with Gasteiger partial charge in [0.05, 0.1) is 11.6 Å². The average Bonchev–Trinajstić information content (AvgIpc) is 2.38. The smallest absolute Gasteiger partial charge is 0.407 e. The van der Waals surface area contributed by atoms with Crippen molar-refractivity contribution < 1.29 is 14.6 Å². The first-order valence-corrected chi connectivity index (χ1v) is 7.04. The Balaban J connectivity index is 2.45. The van der Waals surface area contributed by atoms with E-state index in [1.165, 1.54) is 0 Å². The molecular weight excluding hydrogens is 290 g/mol. The number of amides is 1. The van der Waals surface area contributed by atoms with Gasteiger partial charge in [0.25, 0.3) is 0 Å². The molecule has 0 atom stereocenters. The Labute approximate surface area is 130 Å². The summed E-state index contributed by atoms with van der Waals surface area (Å²) in [4.78, 5) is 11.4. The molecule has 2 N–H and O–H groups in total. The van der Waals surface area contributed by atoms with Crippen LogP contribution in [0.4, 0.5) is 4.79 Å². The summed E-state index contributed by atoms with van der Waals surface area (Å²) in [6, 6.07) is 5.20. The Morgan fingerprint density at radius 2 is 2.14 bits per heavy atom. The second kappa shape index (κ2) is 7.92. The molecule has 0 radical (unpaired) electrons. The van der Waals surface area contributed by atoms with Crippen molar-refractivity contribution in [2.45, 2.75) is 39.4 Å². The lowest BCUT2D eigenvalue weighted by atomic mass is 10.1. The van der Waals surface area contributed by atoms with E-state index in [-0.39, 0.29) is 6.61 Å². The van der Waals surface area contributed by atoms with E-state index >= 15 is 0 Å². The van der Waals surface area contributed by atoms with Gasteiger partial charge in [-0.1, -0.05) is 29.5 Å². The Morgan fingerprint density at radius 1 is 1.43 bits per heavy atom. The lowest BCUT2D eigenvalue weighted by Gasteiger charge is -2.19. The van der Waals surface area contributed by atoms with Crippen molar-refractivity contribution >= 4 is 17.7 Å². The Hall–Kier alpha value is -1.70. The summed E-state index contributed by atoms with van der Waals surface area (Å²) in [5.74, 6) is 5.85. The van der Waals surface area contributed by atoms with Gasteiger partial charge in [-0.2, -0.15) is 0 Å². The normalized spacial score (nSPS) is 10.5.